The van der Waals surface area contributed by atoms with E-state index in [1.54, 1.807) is 0 Å². The summed E-state index contributed by atoms with van der Waals surface area (Å²) in [4.78, 5) is 12.7. The van der Waals surface area contributed by atoms with Crippen LogP contribution in [0, 0.1) is 0 Å². The molecule has 1 aliphatic heterocycles. The number of hydrogen-bond acceptors (Lipinski definition) is 3. The molecule has 102 valence electrons. The molecule has 1 heterocycles. The summed E-state index contributed by atoms with van der Waals surface area (Å²) in [6.45, 7) is 1.77. The third kappa shape index (κ3) is 2.39. The van der Waals surface area contributed by atoms with Gasteiger partial charge in [0.1, 0.15) is 6.10 Å². The van der Waals surface area contributed by atoms with Gasteiger partial charge in [0.15, 0.2) is 0 Å². The van der Waals surface area contributed by atoms with Crippen molar-refractivity contribution >= 4 is 5.97 Å². The van der Waals surface area contributed by atoms with Crippen LogP contribution in [0.1, 0.15) is 37.7 Å². The lowest BCUT2D eigenvalue weighted by molar-refractivity contribution is -0.161. The first-order valence-corrected chi connectivity index (χ1v) is 7.29. The molecular formula is C16H21NO2. The van der Waals surface area contributed by atoms with E-state index < -0.39 is 5.41 Å². The van der Waals surface area contributed by atoms with Gasteiger partial charge >= 0.3 is 5.97 Å². The topological polar surface area (TPSA) is 38.3 Å². The average Bonchev–Trinajstić information content (AvgIpc) is 2.44. The van der Waals surface area contributed by atoms with Crippen molar-refractivity contribution in [2.24, 2.45) is 0 Å². The second kappa shape index (κ2) is 5.33. The van der Waals surface area contributed by atoms with Crippen molar-refractivity contribution in [3.63, 3.8) is 0 Å². The summed E-state index contributed by atoms with van der Waals surface area (Å²) in [5.74, 6) is -0.00935. The van der Waals surface area contributed by atoms with Gasteiger partial charge in [0.2, 0.25) is 0 Å². The van der Waals surface area contributed by atoms with E-state index in [2.05, 4.69) is 17.4 Å². The number of benzene rings is 1. The lowest BCUT2D eigenvalue weighted by Crippen LogP contribution is -2.48. The van der Waals surface area contributed by atoms with Gasteiger partial charge in [-0.3, -0.25) is 4.79 Å². The van der Waals surface area contributed by atoms with Gasteiger partial charge in [-0.1, -0.05) is 30.3 Å². The van der Waals surface area contributed by atoms with Crippen LogP contribution in [0.15, 0.2) is 30.3 Å². The van der Waals surface area contributed by atoms with Crippen molar-refractivity contribution in [2.75, 3.05) is 13.1 Å². The molecule has 0 radical (unpaired) electrons. The van der Waals surface area contributed by atoms with Crippen LogP contribution in [0.5, 0.6) is 0 Å². The van der Waals surface area contributed by atoms with E-state index in [1.807, 2.05) is 18.2 Å². The number of carbonyl (C=O) groups excluding carboxylic acids is 1. The second-order valence-electron chi connectivity index (χ2n) is 5.66. The van der Waals surface area contributed by atoms with Crippen LogP contribution < -0.4 is 5.32 Å². The number of rotatable bonds is 3. The third-order valence-electron chi connectivity index (χ3n) is 4.50. The van der Waals surface area contributed by atoms with E-state index in [9.17, 15) is 4.79 Å². The van der Waals surface area contributed by atoms with Crippen LogP contribution >= 0.6 is 0 Å². The fourth-order valence-electron chi connectivity index (χ4n) is 2.97. The predicted octanol–water partition coefficient (Wildman–Crippen LogP) is 2.40. The Labute approximate surface area is 114 Å². The van der Waals surface area contributed by atoms with Gasteiger partial charge in [-0.2, -0.15) is 0 Å². The Balaban J connectivity index is 1.85. The molecule has 0 amide bonds. The normalized spacial score (nSPS) is 22.5. The van der Waals surface area contributed by atoms with E-state index in [1.165, 1.54) is 6.42 Å². The van der Waals surface area contributed by atoms with Crippen molar-refractivity contribution in [2.45, 2.75) is 43.6 Å². The van der Waals surface area contributed by atoms with E-state index in [0.717, 1.165) is 44.3 Å². The Morgan fingerprint density at radius 1 is 1.16 bits per heavy atom. The van der Waals surface area contributed by atoms with Crippen molar-refractivity contribution in [3.05, 3.63) is 35.9 Å². The van der Waals surface area contributed by atoms with Crippen molar-refractivity contribution in [1.29, 1.82) is 0 Å². The zero-order chi connectivity index (χ0) is 13.1. The van der Waals surface area contributed by atoms with Gasteiger partial charge in [0.25, 0.3) is 0 Å². The van der Waals surface area contributed by atoms with Crippen LogP contribution in [0.3, 0.4) is 0 Å². The molecule has 0 unspecified atom stereocenters. The summed E-state index contributed by atoms with van der Waals surface area (Å²) in [7, 11) is 0. The number of carbonyl (C=O) groups is 1. The van der Waals surface area contributed by atoms with Crippen LogP contribution in [0.2, 0.25) is 0 Å². The first-order chi connectivity index (χ1) is 9.31. The van der Waals surface area contributed by atoms with Crippen LogP contribution in [-0.4, -0.2) is 25.2 Å². The minimum absolute atomic E-state index is 0.00935. The minimum Gasteiger partial charge on any atom is -0.462 e. The SMILES string of the molecule is O=C(OC1CCC1)C1(c2ccccc2)CCNCC1. The Morgan fingerprint density at radius 2 is 1.84 bits per heavy atom. The number of hydrogen-bond donors (Lipinski definition) is 1. The molecule has 0 aromatic heterocycles. The smallest absolute Gasteiger partial charge is 0.316 e. The van der Waals surface area contributed by atoms with E-state index >= 15 is 0 Å². The highest BCUT2D eigenvalue weighted by Crippen LogP contribution is 2.36. The molecule has 19 heavy (non-hydrogen) atoms. The molecule has 0 atom stereocenters. The maximum Gasteiger partial charge on any atom is 0.316 e. The third-order valence-corrected chi connectivity index (χ3v) is 4.50. The summed E-state index contributed by atoms with van der Waals surface area (Å²) in [5.41, 5.74) is 0.683. The van der Waals surface area contributed by atoms with Crippen LogP contribution in [0.25, 0.3) is 0 Å². The van der Waals surface area contributed by atoms with Crippen molar-refractivity contribution < 1.29 is 9.53 Å². The molecule has 3 heteroatoms. The first-order valence-electron chi connectivity index (χ1n) is 7.29. The molecule has 3 nitrogen and oxygen atoms in total. The molecule has 2 fully saturated rings. The Morgan fingerprint density at radius 3 is 2.42 bits per heavy atom. The average molecular weight is 259 g/mol. The van der Waals surface area contributed by atoms with Gasteiger partial charge in [0.05, 0.1) is 5.41 Å². The van der Waals surface area contributed by atoms with Crippen molar-refractivity contribution in [3.8, 4) is 0 Å². The maximum absolute atomic E-state index is 12.7. The largest absolute Gasteiger partial charge is 0.462 e. The zero-order valence-corrected chi connectivity index (χ0v) is 11.2. The summed E-state index contributed by atoms with van der Waals surface area (Å²) >= 11 is 0. The maximum atomic E-state index is 12.7. The molecule has 1 aromatic carbocycles. The Kier molecular flexibility index (Phi) is 3.56. The zero-order valence-electron chi connectivity index (χ0n) is 11.2. The lowest BCUT2D eigenvalue weighted by Gasteiger charge is -2.38. The van der Waals surface area contributed by atoms with E-state index in [-0.39, 0.29) is 12.1 Å². The minimum atomic E-state index is -0.428. The molecule has 0 bridgehead atoms. The summed E-state index contributed by atoms with van der Waals surface area (Å²) < 4.78 is 5.72. The Bertz CT molecular complexity index is 433. The van der Waals surface area contributed by atoms with E-state index in [4.69, 9.17) is 4.74 Å². The molecule has 1 N–H and O–H groups in total. The molecule has 1 saturated heterocycles. The molecule has 1 aliphatic carbocycles. The molecule has 1 saturated carbocycles. The number of piperidine rings is 1. The fraction of sp³-hybridized carbons (Fsp3) is 0.562. The molecule has 0 spiro atoms. The number of nitrogens with one attached hydrogen (secondary N) is 1. The highest BCUT2D eigenvalue weighted by atomic mass is 16.5. The first kappa shape index (κ1) is 12.7. The molecule has 3 rings (SSSR count). The summed E-state index contributed by atoms with van der Waals surface area (Å²) in [6, 6.07) is 10.1. The monoisotopic (exact) mass is 259 g/mol. The molecule has 2 aliphatic rings. The van der Waals surface area contributed by atoms with Gasteiger partial charge in [-0.15, -0.1) is 0 Å². The quantitative estimate of drug-likeness (QED) is 0.847. The van der Waals surface area contributed by atoms with Gasteiger partial charge in [0, 0.05) is 0 Å². The fourth-order valence-corrected chi connectivity index (χ4v) is 2.97. The summed E-state index contributed by atoms with van der Waals surface area (Å²) in [5, 5.41) is 3.34. The van der Waals surface area contributed by atoms with Gasteiger partial charge in [-0.25, -0.2) is 0 Å². The molecule has 1 aromatic rings. The predicted molar refractivity (Wildman–Crippen MR) is 74.0 cm³/mol. The highest BCUT2D eigenvalue weighted by molar-refractivity contribution is 5.83. The Hall–Kier alpha value is -1.35. The van der Waals surface area contributed by atoms with Crippen LogP contribution in [-0.2, 0) is 14.9 Å². The number of ether oxygens (including phenoxy) is 1. The molecular weight excluding hydrogens is 238 g/mol. The van der Waals surface area contributed by atoms with Crippen molar-refractivity contribution in [1.82, 2.24) is 5.32 Å². The second-order valence-corrected chi connectivity index (χ2v) is 5.66. The van der Waals surface area contributed by atoms with Gasteiger partial charge < -0.3 is 10.1 Å². The van der Waals surface area contributed by atoms with E-state index in [0.29, 0.717) is 0 Å². The number of esters is 1. The lowest BCUT2D eigenvalue weighted by atomic mass is 9.73. The van der Waals surface area contributed by atoms with Gasteiger partial charge in [-0.05, 0) is 50.8 Å². The highest BCUT2D eigenvalue weighted by Gasteiger charge is 2.43. The van der Waals surface area contributed by atoms with Crippen LogP contribution in [0.4, 0.5) is 0 Å². The summed E-state index contributed by atoms with van der Waals surface area (Å²) in [6.07, 6.45) is 5.11. The standard InChI is InChI=1S/C16H21NO2/c18-15(19-14-7-4-8-14)16(9-11-17-12-10-16)13-5-2-1-3-6-13/h1-3,5-6,14,17H,4,7-12H2.